The molecule has 0 radical (unpaired) electrons. The summed E-state index contributed by atoms with van der Waals surface area (Å²) >= 11 is 0. The van der Waals surface area contributed by atoms with Crippen molar-refractivity contribution in [3.63, 3.8) is 0 Å². The lowest BCUT2D eigenvalue weighted by atomic mass is 9.96. The number of halogens is 2. The molecule has 1 heterocycles. The highest BCUT2D eigenvalue weighted by molar-refractivity contribution is 6.10. The molecule has 1 aromatic rings. The van der Waals surface area contributed by atoms with Crippen molar-refractivity contribution in [3.05, 3.63) is 24.3 Å². The lowest BCUT2D eigenvalue weighted by Gasteiger charge is -2.20. The van der Waals surface area contributed by atoms with Crippen LogP contribution in [0.15, 0.2) is 24.3 Å². The first-order valence-electron chi connectivity index (χ1n) is 7.79. The molecule has 134 valence electrons. The highest BCUT2D eigenvalue weighted by atomic mass is 19.3. The lowest BCUT2D eigenvalue weighted by Crippen LogP contribution is -2.46. The smallest absolute Gasteiger partial charge is 0.387 e. The minimum absolute atomic E-state index is 0.0322. The van der Waals surface area contributed by atoms with Gasteiger partial charge in [-0.2, -0.15) is 8.78 Å². The Bertz CT molecular complexity index is 723. The van der Waals surface area contributed by atoms with Crippen molar-refractivity contribution in [3.8, 4) is 5.75 Å². The van der Waals surface area contributed by atoms with E-state index >= 15 is 0 Å². The third-order valence-corrected chi connectivity index (χ3v) is 4.37. The second kappa shape index (κ2) is 6.30. The number of ether oxygens (including phenoxy) is 1. The van der Waals surface area contributed by atoms with Crippen LogP contribution in [0.4, 0.5) is 19.3 Å². The first-order valence-corrected chi connectivity index (χ1v) is 7.79. The number of carbonyl (C=O) groups is 3. The summed E-state index contributed by atoms with van der Waals surface area (Å²) < 4.78 is 29.1. The van der Waals surface area contributed by atoms with Crippen LogP contribution in [-0.4, -0.2) is 41.4 Å². The summed E-state index contributed by atoms with van der Waals surface area (Å²) in [5.74, 6) is -1.26. The molecule has 2 aliphatic rings. The van der Waals surface area contributed by atoms with Crippen molar-refractivity contribution >= 4 is 23.5 Å². The van der Waals surface area contributed by atoms with Crippen LogP contribution in [0.5, 0.6) is 5.75 Å². The molecule has 1 saturated heterocycles. The Hall–Kier alpha value is -2.71. The molecule has 1 saturated carbocycles. The number of hydrogen-bond donors (Lipinski definition) is 2. The molecule has 2 fully saturated rings. The van der Waals surface area contributed by atoms with Gasteiger partial charge >= 0.3 is 12.6 Å². The number of urea groups is 1. The maximum absolute atomic E-state index is 12.5. The number of hydrogen-bond acceptors (Lipinski definition) is 4. The molecular weight excluding hydrogens is 336 g/mol. The predicted octanol–water partition coefficient (Wildman–Crippen LogP) is 1.95. The van der Waals surface area contributed by atoms with Crippen LogP contribution in [0.25, 0.3) is 0 Å². The van der Waals surface area contributed by atoms with E-state index in [0.29, 0.717) is 0 Å². The third kappa shape index (κ3) is 3.40. The van der Waals surface area contributed by atoms with Gasteiger partial charge in [-0.05, 0) is 37.8 Å². The van der Waals surface area contributed by atoms with Gasteiger partial charge in [0.25, 0.3) is 5.91 Å². The summed E-state index contributed by atoms with van der Waals surface area (Å²) in [6.07, 6.45) is 1.70. The average Bonchev–Trinajstić information content (AvgIpc) is 3.35. The first kappa shape index (κ1) is 17.1. The maximum Gasteiger partial charge on any atom is 0.387 e. The van der Waals surface area contributed by atoms with Crippen molar-refractivity contribution in [2.24, 2.45) is 5.92 Å². The van der Waals surface area contributed by atoms with Gasteiger partial charge in [0.15, 0.2) is 0 Å². The normalized spacial score (nSPS) is 23.0. The average molecular weight is 353 g/mol. The van der Waals surface area contributed by atoms with Gasteiger partial charge in [0.05, 0.1) is 5.69 Å². The second-order valence-electron chi connectivity index (χ2n) is 6.22. The predicted molar refractivity (Wildman–Crippen MR) is 83.1 cm³/mol. The van der Waals surface area contributed by atoms with E-state index in [1.165, 1.54) is 24.3 Å². The van der Waals surface area contributed by atoms with Crippen LogP contribution >= 0.6 is 0 Å². The molecule has 4 amide bonds. The molecule has 1 atom stereocenters. The highest BCUT2D eigenvalue weighted by Crippen LogP contribution is 2.42. The molecule has 0 bridgehead atoms. The number of carbonyl (C=O) groups excluding carboxylic acids is 3. The second-order valence-corrected chi connectivity index (χ2v) is 6.22. The highest BCUT2D eigenvalue weighted by Gasteiger charge is 2.56. The van der Waals surface area contributed by atoms with Crippen LogP contribution < -0.4 is 15.4 Å². The summed E-state index contributed by atoms with van der Waals surface area (Å²) in [6, 6.07) is 5.04. The fourth-order valence-corrected chi connectivity index (χ4v) is 2.90. The SMILES string of the molecule is CC1(C2CC2)NC(=O)N(CC(=O)Nc2ccccc2OC(F)F)C1=O. The maximum atomic E-state index is 12.5. The Morgan fingerprint density at radius 1 is 1.40 bits per heavy atom. The van der Waals surface area contributed by atoms with Gasteiger partial charge in [0.2, 0.25) is 5.91 Å². The molecule has 1 aromatic carbocycles. The van der Waals surface area contributed by atoms with Crippen LogP contribution in [0.1, 0.15) is 19.8 Å². The summed E-state index contributed by atoms with van der Waals surface area (Å²) in [5.41, 5.74) is -0.946. The molecule has 25 heavy (non-hydrogen) atoms. The number of nitrogens with one attached hydrogen (secondary N) is 2. The standard InChI is InChI=1S/C16H17F2N3O4/c1-16(9-6-7-9)13(23)21(15(24)20-16)8-12(22)19-10-4-2-3-5-11(10)25-14(17)18/h2-5,9,14H,6-8H2,1H3,(H,19,22)(H,20,24). The Kier molecular flexibility index (Phi) is 4.32. The van der Waals surface area contributed by atoms with Gasteiger partial charge in [-0.1, -0.05) is 12.1 Å². The van der Waals surface area contributed by atoms with Crippen LogP contribution in [0, 0.1) is 5.92 Å². The van der Waals surface area contributed by atoms with Crippen molar-refractivity contribution < 1.29 is 27.9 Å². The molecular formula is C16H17F2N3O4. The molecule has 7 nitrogen and oxygen atoms in total. The number of benzene rings is 1. The Morgan fingerprint density at radius 2 is 2.08 bits per heavy atom. The third-order valence-electron chi connectivity index (χ3n) is 4.37. The van der Waals surface area contributed by atoms with Gasteiger partial charge < -0.3 is 15.4 Å². The van der Waals surface area contributed by atoms with Crippen molar-refractivity contribution in [1.82, 2.24) is 10.2 Å². The molecule has 2 N–H and O–H groups in total. The topological polar surface area (TPSA) is 87.7 Å². The fourth-order valence-electron chi connectivity index (χ4n) is 2.90. The molecule has 0 spiro atoms. The van der Waals surface area contributed by atoms with E-state index in [1.54, 1.807) is 6.92 Å². The number of alkyl halides is 2. The van der Waals surface area contributed by atoms with Crippen LogP contribution in [-0.2, 0) is 9.59 Å². The molecule has 3 rings (SSSR count). The van der Waals surface area contributed by atoms with E-state index in [9.17, 15) is 23.2 Å². The Labute approximate surface area is 142 Å². The summed E-state index contributed by atoms with van der Waals surface area (Å²) in [5, 5.41) is 5.02. The Morgan fingerprint density at radius 3 is 2.72 bits per heavy atom. The zero-order valence-corrected chi connectivity index (χ0v) is 13.4. The molecule has 1 unspecified atom stereocenters. The van der Waals surface area contributed by atoms with Gasteiger partial charge in [0.1, 0.15) is 17.8 Å². The number of amides is 4. The molecule has 0 aromatic heterocycles. The largest absolute Gasteiger partial charge is 0.433 e. The van der Waals surface area contributed by atoms with Crippen molar-refractivity contribution in [2.75, 3.05) is 11.9 Å². The number of rotatable bonds is 6. The van der Waals surface area contributed by atoms with E-state index in [4.69, 9.17) is 0 Å². The van der Waals surface area contributed by atoms with E-state index in [0.717, 1.165) is 17.7 Å². The van der Waals surface area contributed by atoms with Gasteiger partial charge in [0, 0.05) is 0 Å². The number of imide groups is 1. The van der Waals surface area contributed by atoms with Crippen LogP contribution in [0.2, 0.25) is 0 Å². The summed E-state index contributed by atoms with van der Waals surface area (Å²) in [4.78, 5) is 37.5. The van der Waals surface area contributed by atoms with E-state index in [1.807, 2.05) is 0 Å². The number of nitrogens with zero attached hydrogens (tertiary/aromatic N) is 1. The number of para-hydroxylation sites is 2. The van der Waals surface area contributed by atoms with Gasteiger partial charge in [-0.15, -0.1) is 0 Å². The zero-order chi connectivity index (χ0) is 18.2. The first-order chi connectivity index (χ1) is 11.8. The summed E-state index contributed by atoms with van der Waals surface area (Å²) in [7, 11) is 0. The number of anilines is 1. The van der Waals surface area contributed by atoms with Gasteiger partial charge in [-0.25, -0.2) is 4.79 Å². The van der Waals surface area contributed by atoms with E-state index < -0.39 is 36.5 Å². The minimum atomic E-state index is -3.04. The van der Waals surface area contributed by atoms with Gasteiger partial charge in [-0.3, -0.25) is 14.5 Å². The summed E-state index contributed by atoms with van der Waals surface area (Å²) in [6.45, 7) is -1.90. The van der Waals surface area contributed by atoms with E-state index in [-0.39, 0.29) is 17.4 Å². The minimum Gasteiger partial charge on any atom is -0.433 e. The zero-order valence-electron chi connectivity index (χ0n) is 13.4. The van der Waals surface area contributed by atoms with Crippen molar-refractivity contribution in [2.45, 2.75) is 31.9 Å². The molecule has 1 aliphatic carbocycles. The Balaban J connectivity index is 1.67. The van der Waals surface area contributed by atoms with Crippen LogP contribution in [0.3, 0.4) is 0 Å². The lowest BCUT2D eigenvalue weighted by molar-refractivity contribution is -0.134. The van der Waals surface area contributed by atoms with Crippen molar-refractivity contribution in [1.29, 1.82) is 0 Å². The quantitative estimate of drug-likeness (QED) is 0.765. The monoisotopic (exact) mass is 353 g/mol. The van der Waals surface area contributed by atoms with E-state index in [2.05, 4.69) is 15.4 Å². The molecule has 1 aliphatic heterocycles. The molecule has 9 heteroatoms. The fraction of sp³-hybridized carbons (Fsp3) is 0.438.